The number of ether oxygens (including phenoxy) is 3. The summed E-state index contributed by atoms with van der Waals surface area (Å²) in [4.78, 5) is 17.9. The maximum Gasteiger partial charge on any atom is 0.340 e. The summed E-state index contributed by atoms with van der Waals surface area (Å²) in [6, 6.07) is 22.9. The van der Waals surface area contributed by atoms with Crippen LogP contribution in [0.1, 0.15) is 16.1 Å². The monoisotopic (exact) mass is 527 g/mol. The Bertz CT molecular complexity index is 1620. The molecule has 0 atom stereocenters. The van der Waals surface area contributed by atoms with E-state index >= 15 is 0 Å². The fourth-order valence-corrected chi connectivity index (χ4v) is 5.07. The number of nitrogens with zero attached hydrogens (tertiary/aromatic N) is 4. The summed E-state index contributed by atoms with van der Waals surface area (Å²) in [6.45, 7) is 0. The molecule has 5 aromatic rings. The number of esters is 1. The number of methoxy groups -OCH3 is 3. The minimum Gasteiger partial charge on any atom is -0.493 e. The van der Waals surface area contributed by atoms with Crippen molar-refractivity contribution in [2.24, 2.45) is 0 Å². The van der Waals surface area contributed by atoms with Gasteiger partial charge in [-0.3, -0.25) is 4.98 Å². The van der Waals surface area contributed by atoms with Crippen LogP contribution in [0.15, 0.2) is 78.0 Å². The number of nitrogens with two attached hydrogens (primary N) is 1. The van der Waals surface area contributed by atoms with Crippen LogP contribution in [-0.2, 0) is 10.5 Å². The number of para-hydroxylation sites is 1. The molecule has 0 aliphatic heterocycles. The minimum absolute atomic E-state index is 0.316. The average molecular weight is 528 g/mol. The van der Waals surface area contributed by atoms with E-state index in [-0.39, 0.29) is 0 Å². The second-order valence-electron chi connectivity index (χ2n) is 8.22. The number of benzene rings is 3. The van der Waals surface area contributed by atoms with Crippen molar-refractivity contribution in [3.8, 4) is 34.0 Å². The van der Waals surface area contributed by atoms with Crippen LogP contribution >= 0.6 is 11.8 Å². The second-order valence-corrected chi connectivity index (χ2v) is 9.16. The normalized spacial score (nSPS) is 10.9. The summed E-state index contributed by atoms with van der Waals surface area (Å²) < 4.78 is 17.3. The van der Waals surface area contributed by atoms with Crippen LogP contribution in [0.4, 0.5) is 0 Å². The molecule has 0 amide bonds. The quantitative estimate of drug-likeness (QED) is 0.170. The number of hydrogen-bond donors (Lipinski definition) is 1. The molecule has 3 aromatic carbocycles. The van der Waals surface area contributed by atoms with E-state index in [9.17, 15) is 4.79 Å². The van der Waals surface area contributed by atoms with E-state index in [0.717, 1.165) is 27.6 Å². The first kappa shape index (κ1) is 25.1. The Morgan fingerprint density at radius 3 is 2.37 bits per heavy atom. The summed E-state index contributed by atoms with van der Waals surface area (Å²) in [5.41, 5.74) is 4.14. The van der Waals surface area contributed by atoms with Crippen molar-refractivity contribution in [2.45, 2.75) is 10.9 Å². The standard InChI is InChI=1S/C28H25N5O4S/c1-35-22-14-13-18(15-23(22)36-2)26-31-32-28(33(26)29)38-16-21-25(27(34)37-3)24(17-9-5-4-6-10-17)19-11-7-8-12-20(19)30-21/h4-15H,16,29H2,1-3H3. The molecule has 0 aliphatic rings. The number of aromatic nitrogens is 4. The molecule has 0 radical (unpaired) electrons. The molecule has 2 N–H and O–H groups in total. The molecule has 0 aliphatic carbocycles. The lowest BCUT2D eigenvalue weighted by Crippen LogP contribution is -2.13. The van der Waals surface area contributed by atoms with Gasteiger partial charge in [0.2, 0.25) is 5.16 Å². The highest BCUT2D eigenvalue weighted by Gasteiger charge is 2.24. The van der Waals surface area contributed by atoms with Crippen LogP contribution in [-0.4, -0.2) is 47.2 Å². The van der Waals surface area contributed by atoms with Gasteiger partial charge in [0.05, 0.1) is 38.1 Å². The molecule has 0 saturated heterocycles. The SMILES string of the molecule is COC(=O)c1c(CSc2nnc(-c3ccc(OC)c(OC)c3)n2N)nc2ccccc2c1-c1ccccc1. The first-order valence-corrected chi connectivity index (χ1v) is 12.6. The van der Waals surface area contributed by atoms with Gasteiger partial charge in [-0.15, -0.1) is 10.2 Å². The third-order valence-corrected chi connectivity index (χ3v) is 7.02. The van der Waals surface area contributed by atoms with Gasteiger partial charge in [-0.25, -0.2) is 9.47 Å². The largest absolute Gasteiger partial charge is 0.493 e. The van der Waals surface area contributed by atoms with Crippen molar-refractivity contribution in [2.75, 3.05) is 27.2 Å². The van der Waals surface area contributed by atoms with Gasteiger partial charge in [0.1, 0.15) is 0 Å². The Labute approximate surface area is 223 Å². The van der Waals surface area contributed by atoms with Crippen molar-refractivity contribution in [3.63, 3.8) is 0 Å². The van der Waals surface area contributed by atoms with Crippen molar-refractivity contribution in [1.82, 2.24) is 19.9 Å². The lowest BCUT2D eigenvalue weighted by molar-refractivity contribution is 0.0600. The molecule has 5 rings (SSSR count). The summed E-state index contributed by atoms with van der Waals surface area (Å²) in [7, 11) is 4.51. The predicted octanol–water partition coefficient (Wildman–Crippen LogP) is 4.97. The Morgan fingerprint density at radius 2 is 1.63 bits per heavy atom. The van der Waals surface area contributed by atoms with E-state index in [2.05, 4.69) is 10.2 Å². The smallest absolute Gasteiger partial charge is 0.340 e. The third-order valence-electron chi connectivity index (χ3n) is 6.06. The number of nitrogen functional groups attached to an aromatic ring is 1. The number of rotatable bonds is 8. The molecule has 2 heterocycles. The minimum atomic E-state index is -0.460. The molecule has 0 unspecified atom stereocenters. The lowest BCUT2D eigenvalue weighted by Gasteiger charge is -2.16. The van der Waals surface area contributed by atoms with E-state index in [1.54, 1.807) is 26.4 Å². The second kappa shape index (κ2) is 10.8. The van der Waals surface area contributed by atoms with Crippen LogP contribution < -0.4 is 15.3 Å². The maximum atomic E-state index is 13.1. The van der Waals surface area contributed by atoms with Gasteiger partial charge in [-0.2, -0.15) is 0 Å². The Morgan fingerprint density at radius 1 is 0.895 bits per heavy atom. The molecule has 9 nitrogen and oxygen atoms in total. The molecule has 10 heteroatoms. The molecule has 0 saturated carbocycles. The molecule has 192 valence electrons. The molecule has 0 spiro atoms. The Hall–Kier alpha value is -4.57. The summed E-state index contributed by atoms with van der Waals surface area (Å²) in [5.74, 6) is 7.85. The van der Waals surface area contributed by atoms with Crippen LogP contribution in [0.3, 0.4) is 0 Å². The molecule has 0 bridgehead atoms. The molecule has 38 heavy (non-hydrogen) atoms. The van der Waals surface area contributed by atoms with E-state index < -0.39 is 5.97 Å². The van der Waals surface area contributed by atoms with Crippen LogP contribution in [0.2, 0.25) is 0 Å². The molecular weight excluding hydrogens is 502 g/mol. The van der Waals surface area contributed by atoms with Crippen molar-refractivity contribution >= 4 is 28.6 Å². The zero-order valence-corrected chi connectivity index (χ0v) is 21.9. The van der Waals surface area contributed by atoms with Gasteiger partial charge < -0.3 is 20.1 Å². The van der Waals surface area contributed by atoms with Crippen LogP contribution in [0.5, 0.6) is 11.5 Å². The summed E-state index contributed by atoms with van der Waals surface area (Å²) in [5, 5.41) is 9.88. The number of carbonyl (C=O) groups is 1. The van der Waals surface area contributed by atoms with Gasteiger partial charge in [0.15, 0.2) is 17.3 Å². The van der Waals surface area contributed by atoms with Gasteiger partial charge in [-0.1, -0.05) is 60.3 Å². The predicted molar refractivity (Wildman–Crippen MR) is 147 cm³/mol. The van der Waals surface area contributed by atoms with Gasteiger partial charge >= 0.3 is 5.97 Å². The third kappa shape index (κ3) is 4.61. The summed E-state index contributed by atoms with van der Waals surface area (Å²) >= 11 is 1.33. The number of thioether (sulfide) groups is 1. The van der Waals surface area contributed by atoms with E-state index in [1.165, 1.54) is 23.5 Å². The number of fused-ring (bicyclic) bond motifs is 1. The van der Waals surface area contributed by atoms with E-state index in [0.29, 0.717) is 39.5 Å². The fraction of sp³-hybridized carbons (Fsp3) is 0.143. The van der Waals surface area contributed by atoms with Gasteiger partial charge in [0, 0.05) is 22.3 Å². The van der Waals surface area contributed by atoms with Gasteiger partial charge in [-0.05, 0) is 29.8 Å². The first-order valence-electron chi connectivity index (χ1n) is 11.7. The zero-order chi connectivity index (χ0) is 26.6. The Balaban J connectivity index is 1.55. The Kier molecular flexibility index (Phi) is 7.14. The highest BCUT2D eigenvalue weighted by Crippen LogP contribution is 2.36. The lowest BCUT2D eigenvalue weighted by atomic mass is 9.94. The number of carbonyl (C=O) groups excluding carboxylic acids is 1. The summed E-state index contributed by atoms with van der Waals surface area (Å²) in [6.07, 6.45) is 0. The van der Waals surface area contributed by atoms with E-state index in [4.69, 9.17) is 25.0 Å². The zero-order valence-electron chi connectivity index (χ0n) is 21.0. The highest BCUT2D eigenvalue weighted by atomic mass is 32.2. The van der Waals surface area contributed by atoms with Crippen molar-refractivity contribution in [1.29, 1.82) is 0 Å². The molecular formula is C28H25N5O4S. The van der Waals surface area contributed by atoms with E-state index in [1.807, 2.05) is 60.7 Å². The first-order chi connectivity index (χ1) is 18.5. The van der Waals surface area contributed by atoms with Crippen molar-refractivity contribution in [3.05, 3.63) is 84.1 Å². The average Bonchev–Trinajstić information content (AvgIpc) is 3.34. The number of hydrogen-bond acceptors (Lipinski definition) is 9. The molecule has 0 fully saturated rings. The highest BCUT2D eigenvalue weighted by molar-refractivity contribution is 7.98. The maximum absolute atomic E-state index is 13.1. The van der Waals surface area contributed by atoms with Crippen molar-refractivity contribution < 1.29 is 19.0 Å². The van der Waals surface area contributed by atoms with Gasteiger partial charge in [0.25, 0.3) is 0 Å². The van der Waals surface area contributed by atoms with Crippen LogP contribution in [0, 0.1) is 0 Å². The van der Waals surface area contributed by atoms with Crippen LogP contribution in [0.25, 0.3) is 33.4 Å². The fourth-order valence-electron chi connectivity index (χ4n) is 4.27. The number of pyridine rings is 1. The molecule has 2 aromatic heterocycles. The topological polar surface area (TPSA) is 114 Å².